The molecular weight excluding hydrogens is 847 g/mol. The quantitative estimate of drug-likeness (QED) is 0.0479. The minimum absolute atomic E-state index is 0.117. The number of piperazine rings is 1. The third-order valence-electron chi connectivity index (χ3n) is 10.9. The summed E-state index contributed by atoms with van der Waals surface area (Å²) in [5, 5.41) is 39.1. The molecule has 0 saturated carbocycles. The number of halogens is 2. The number of oxime groups is 1. The largest absolute Gasteiger partial charge is 0.507 e. The number of methoxy groups -OCH3 is 1. The highest BCUT2D eigenvalue weighted by molar-refractivity contribution is 14.1. The Balaban J connectivity index is 1.01. The highest BCUT2D eigenvalue weighted by Crippen LogP contribution is 2.58. The first-order chi connectivity index (χ1) is 26.4. The molecule has 282 valence electrons. The van der Waals surface area contributed by atoms with Gasteiger partial charge in [0.15, 0.2) is 23.1 Å². The smallest absolute Gasteiger partial charge is 0.260 e. The maximum atomic E-state index is 14.3. The molecule has 0 bridgehead atoms. The zero-order chi connectivity index (χ0) is 38.9. The van der Waals surface area contributed by atoms with E-state index in [2.05, 4.69) is 26.0 Å². The number of allylic oxidation sites excluding steroid dienone is 2. The number of fused-ring (bicyclic) bond motifs is 5. The third-order valence-corrected chi connectivity index (χ3v) is 12.4. The molecule has 0 amide bonds. The van der Waals surface area contributed by atoms with Gasteiger partial charge in [0.05, 0.1) is 46.7 Å². The lowest BCUT2D eigenvalue weighted by Gasteiger charge is -2.36. The first-order valence-electron chi connectivity index (χ1n) is 17.4. The highest BCUT2D eigenvalue weighted by atomic mass is 127. The molecule has 1 aromatic heterocycles. The Bertz CT molecular complexity index is 2520. The van der Waals surface area contributed by atoms with E-state index >= 15 is 0 Å². The number of carbonyl (C=O) groups is 4. The van der Waals surface area contributed by atoms with Gasteiger partial charge in [-0.05, 0) is 71.7 Å². The Morgan fingerprint density at radius 1 is 0.964 bits per heavy atom. The summed E-state index contributed by atoms with van der Waals surface area (Å²) >= 11 is 8.14. The Hall–Kier alpha value is -5.26. The second kappa shape index (κ2) is 13.8. The monoisotopic (exact) mass is 878 g/mol. The summed E-state index contributed by atoms with van der Waals surface area (Å²) in [5.74, 6) is -6.71. The zero-order valence-electron chi connectivity index (χ0n) is 29.2. The van der Waals surface area contributed by atoms with Gasteiger partial charge in [0, 0.05) is 64.0 Å². The standard InChI is InChI=1S/C39H32ClIN4O10/c1-54-24-16-23(46)26-27(32(24)47)34(49)29-28(33(26)48)36(51)39(37(29)52)7-6-21-30(39)35(50)25-22(31(21)41)15-19(43-38(25)53)17-42-55-13-3-8-44-9-11-45(12-10-44)20-5-2-4-18(40)14-20/h2,4-5,14-17,48-50H,3,6-13H2,1H3,(H,43,53)/b42-17+/t39-/m0/s1. The molecule has 0 unspecified atom stereocenters. The molecular formula is C39H32ClIN4O10. The van der Waals surface area contributed by atoms with Gasteiger partial charge in [-0.1, -0.05) is 22.8 Å². The van der Waals surface area contributed by atoms with Gasteiger partial charge in [0.25, 0.3) is 5.56 Å². The number of phenolic OH excluding ortho intramolecular Hbond substituents is 3. The summed E-state index contributed by atoms with van der Waals surface area (Å²) in [6.07, 6.45) is 2.86. The summed E-state index contributed by atoms with van der Waals surface area (Å²) in [6, 6.07) is 9.44. The number of H-pyrrole nitrogens is 1. The van der Waals surface area contributed by atoms with Gasteiger partial charge in [-0.25, -0.2) is 0 Å². The van der Waals surface area contributed by atoms with Gasteiger partial charge in [-0.2, -0.15) is 0 Å². The van der Waals surface area contributed by atoms with Crippen LogP contribution in [0.4, 0.5) is 5.69 Å². The van der Waals surface area contributed by atoms with Crippen molar-refractivity contribution in [3.63, 3.8) is 0 Å². The van der Waals surface area contributed by atoms with Crippen molar-refractivity contribution in [2.24, 2.45) is 5.16 Å². The number of hydrogen-bond donors (Lipinski definition) is 4. The van der Waals surface area contributed by atoms with Crippen LogP contribution in [0.1, 0.15) is 71.1 Å². The molecule has 3 aromatic carbocycles. The van der Waals surface area contributed by atoms with Gasteiger partial charge in [0.2, 0.25) is 5.78 Å². The van der Waals surface area contributed by atoms with Gasteiger partial charge >= 0.3 is 0 Å². The fourth-order valence-electron chi connectivity index (χ4n) is 8.27. The summed E-state index contributed by atoms with van der Waals surface area (Å²) < 4.78 is 5.45. The van der Waals surface area contributed by atoms with Crippen molar-refractivity contribution >= 4 is 80.0 Å². The number of carbonyl (C=O) groups excluding carboxylic acids is 4. The van der Waals surface area contributed by atoms with E-state index in [0.717, 1.165) is 58.0 Å². The van der Waals surface area contributed by atoms with E-state index in [4.69, 9.17) is 21.2 Å². The Morgan fingerprint density at radius 2 is 1.67 bits per heavy atom. The van der Waals surface area contributed by atoms with Crippen molar-refractivity contribution < 1.29 is 44.1 Å². The molecule has 1 aliphatic heterocycles. The summed E-state index contributed by atoms with van der Waals surface area (Å²) in [6.45, 7) is 4.77. The lowest BCUT2D eigenvalue weighted by Crippen LogP contribution is -2.46. The maximum absolute atomic E-state index is 14.3. The van der Waals surface area contributed by atoms with Crippen molar-refractivity contribution in [3.05, 3.63) is 100 Å². The van der Waals surface area contributed by atoms with Gasteiger partial charge < -0.3 is 34.8 Å². The summed E-state index contributed by atoms with van der Waals surface area (Å²) in [5.41, 5.74) is -3.71. The molecule has 1 spiro atoms. The van der Waals surface area contributed by atoms with E-state index in [0.29, 0.717) is 31.8 Å². The van der Waals surface area contributed by atoms with Crippen molar-refractivity contribution in [1.82, 2.24) is 9.88 Å². The molecule has 1 fully saturated rings. The number of pyridine rings is 1. The minimum atomic E-state index is -2.14. The van der Waals surface area contributed by atoms with Crippen molar-refractivity contribution in [3.8, 4) is 17.2 Å². The number of hydrogen-bond acceptors (Lipinski definition) is 13. The molecule has 16 heteroatoms. The number of aromatic nitrogens is 1. The number of nitrogens with zero attached hydrogens (tertiary/aromatic N) is 3. The van der Waals surface area contributed by atoms with Crippen LogP contribution in [0, 0.1) is 3.57 Å². The van der Waals surface area contributed by atoms with Crippen LogP contribution in [-0.2, 0) is 21.4 Å². The first-order valence-corrected chi connectivity index (χ1v) is 18.9. The highest BCUT2D eigenvalue weighted by Gasteiger charge is 2.62. The molecule has 55 heavy (non-hydrogen) atoms. The number of anilines is 1. The molecule has 2 heterocycles. The van der Waals surface area contributed by atoms with Crippen LogP contribution in [0.15, 0.2) is 52.1 Å². The first kappa shape index (κ1) is 36.7. The van der Waals surface area contributed by atoms with E-state index < -0.39 is 79.4 Å². The fraction of sp³-hybridized carbons (Fsp3) is 0.282. The van der Waals surface area contributed by atoms with Crippen LogP contribution >= 0.6 is 34.2 Å². The third kappa shape index (κ3) is 5.61. The average Bonchev–Trinajstić information content (AvgIpc) is 3.68. The Labute approximate surface area is 331 Å². The van der Waals surface area contributed by atoms with Crippen molar-refractivity contribution in [1.29, 1.82) is 0 Å². The number of rotatable bonds is 8. The number of benzene rings is 3. The second-order valence-corrected chi connectivity index (χ2v) is 15.3. The van der Waals surface area contributed by atoms with Gasteiger partial charge in [0.1, 0.15) is 29.3 Å². The topological polar surface area (TPSA) is 199 Å². The summed E-state index contributed by atoms with van der Waals surface area (Å²) in [4.78, 5) is 81.0. The zero-order valence-corrected chi connectivity index (χ0v) is 32.1. The number of aromatic amines is 1. The molecule has 1 saturated heterocycles. The number of aromatic hydroxyl groups is 3. The minimum Gasteiger partial charge on any atom is -0.507 e. The van der Waals surface area contributed by atoms with Crippen LogP contribution in [0.25, 0.3) is 10.8 Å². The van der Waals surface area contributed by atoms with Gasteiger partial charge in [-0.3, -0.25) is 28.9 Å². The van der Waals surface area contributed by atoms with Crippen LogP contribution < -0.4 is 10.5 Å². The SMILES string of the molecule is COC1=CC(=O)c2c(O)c3c(c(O)c2C1=O)C(=O)[C@]1(CCc2c1c(O)c1c(=O)[nH]c(/C=N/OCCCN4CCN(c5cccc(Cl)c5)CC4)cc1c2I)C3=O. The van der Waals surface area contributed by atoms with Crippen LogP contribution in [0.3, 0.4) is 0 Å². The van der Waals surface area contributed by atoms with E-state index in [1.807, 2.05) is 40.8 Å². The number of ketones is 4. The predicted molar refractivity (Wildman–Crippen MR) is 209 cm³/mol. The van der Waals surface area contributed by atoms with E-state index in [1.165, 1.54) is 6.21 Å². The maximum Gasteiger partial charge on any atom is 0.260 e. The van der Waals surface area contributed by atoms with Crippen molar-refractivity contribution in [2.75, 3.05) is 51.3 Å². The molecule has 1 atom stereocenters. The van der Waals surface area contributed by atoms with Crippen LogP contribution in [-0.4, -0.2) is 101 Å². The molecule has 14 nitrogen and oxygen atoms in total. The Morgan fingerprint density at radius 3 is 2.36 bits per heavy atom. The number of phenols is 3. The fourth-order valence-corrected chi connectivity index (χ4v) is 9.42. The summed E-state index contributed by atoms with van der Waals surface area (Å²) in [7, 11) is 1.14. The molecule has 4 aromatic rings. The lowest BCUT2D eigenvalue weighted by atomic mass is 9.76. The predicted octanol–water partition coefficient (Wildman–Crippen LogP) is 4.64. The molecule has 3 aliphatic carbocycles. The van der Waals surface area contributed by atoms with E-state index in [-0.39, 0.29) is 23.8 Å². The molecule has 4 aliphatic rings. The Kier molecular flexibility index (Phi) is 9.20. The lowest BCUT2D eigenvalue weighted by molar-refractivity contribution is 0.0790. The molecule has 4 N–H and O–H groups in total. The normalized spacial score (nSPS) is 19.4. The van der Waals surface area contributed by atoms with Crippen LogP contribution in [0.2, 0.25) is 5.02 Å². The molecule has 0 radical (unpaired) electrons. The number of Topliss-reactive ketones (excluding diaryl/α,β-unsaturated/α-hetero) is 3. The van der Waals surface area contributed by atoms with Crippen LogP contribution in [0.5, 0.6) is 17.2 Å². The molecule has 8 rings (SSSR count). The van der Waals surface area contributed by atoms with E-state index in [1.54, 1.807) is 6.07 Å². The van der Waals surface area contributed by atoms with Gasteiger partial charge in [-0.15, -0.1) is 0 Å². The number of ether oxygens (including phenoxy) is 1. The number of nitrogens with one attached hydrogen (secondary N) is 1. The average molecular weight is 879 g/mol. The van der Waals surface area contributed by atoms with E-state index in [9.17, 15) is 39.3 Å². The van der Waals surface area contributed by atoms with Crippen molar-refractivity contribution in [2.45, 2.75) is 24.7 Å². The second-order valence-electron chi connectivity index (χ2n) is 13.8.